The highest BCUT2D eigenvalue weighted by atomic mass is 127. The summed E-state index contributed by atoms with van der Waals surface area (Å²) in [6, 6.07) is 10.9. The molecule has 0 aromatic heterocycles. The molecule has 3 rings (SSSR count). The van der Waals surface area contributed by atoms with Crippen molar-refractivity contribution in [3.8, 4) is 0 Å². The fraction of sp³-hybridized carbons (Fsp3) is 0.682. The second-order valence-electron chi connectivity index (χ2n) is 8.66. The van der Waals surface area contributed by atoms with Crippen LogP contribution in [0.1, 0.15) is 51.0 Å². The molecule has 2 unspecified atom stereocenters. The third-order valence-electron chi connectivity index (χ3n) is 6.21. The van der Waals surface area contributed by atoms with E-state index in [4.69, 9.17) is 4.99 Å². The van der Waals surface area contributed by atoms with E-state index in [9.17, 15) is 8.42 Å². The minimum atomic E-state index is -2.96. The number of hydrogen-bond donors (Lipinski definition) is 1. The van der Waals surface area contributed by atoms with Gasteiger partial charge in [-0.2, -0.15) is 0 Å². The van der Waals surface area contributed by atoms with Crippen LogP contribution in [0.25, 0.3) is 0 Å². The number of benzene rings is 1. The van der Waals surface area contributed by atoms with E-state index in [1.807, 2.05) is 0 Å². The molecule has 29 heavy (non-hydrogen) atoms. The minimum absolute atomic E-state index is 0. The SMILES string of the molecule is CCNC(=NCC1(CS(C)(=O)=O)CC1)N1CCC(c2ccccc2)C(CC)C1.I. The molecule has 1 aliphatic carbocycles. The van der Waals surface area contributed by atoms with E-state index >= 15 is 0 Å². The molecule has 164 valence electrons. The van der Waals surface area contributed by atoms with Crippen LogP contribution in [0.2, 0.25) is 0 Å². The van der Waals surface area contributed by atoms with Crippen LogP contribution in [0, 0.1) is 11.3 Å². The molecule has 1 heterocycles. The van der Waals surface area contributed by atoms with Crippen LogP contribution in [0.3, 0.4) is 0 Å². The fourth-order valence-corrected chi connectivity index (χ4v) is 6.02. The number of likely N-dealkylation sites (tertiary alicyclic amines) is 1. The smallest absolute Gasteiger partial charge is 0.193 e. The lowest BCUT2D eigenvalue weighted by molar-refractivity contribution is 0.215. The number of guanidine groups is 1. The van der Waals surface area contributed by atoms with Gasteiger partial charge in [-0.05, 0) is 43.6 Å². The van der Waals surface area contributed by atoms with E-state index in [1.54, 1.807) is 0 Å². The van der Waals surface area contributed by atoms with Gasteiger partial charge in [0, 0.05) is 37.8 Å². The summed E-state index contributed by atoms with van der Waals surface area (Å²) in [5.41, 5.74) is 1.32. The predicted octanol–water partition coefficient (Wildman–Crippen LogP) is 3.91. The molecule has 1 aromatic carbocycles. The molecule has 7 heteroatoms. The molecule has 5 nitrogen and oxygen atoms in total. The van der Waals surface area contributed by atoms with E-state index in [1.165, 1.54) is 11.8 Å². The Labute approximate surface area is 193 Å². The van der Waals surface area contributed by atoms with Gasteiger partial charge < -0.3 is 10.2 Å². The van der Waals surface area contributed by atoms with Crippen molar-refractivity contribution in [1.82, 2.24) is 10.2 Å². The Balaban J connectivity index is 0.00000300. The first-order chi connectivity index (χ1) is 13.4. The van der Waals surface area contributed by atoms with Crippen molar-refractivity contribution in [2.75, 3.05) is 38.2 Å². The molecule has 0 radical (unpaired) electrons. The Bertz CT molecular complexity index is 779. The Morgan fingerprint density at radius 1 is 1.24 bits per heavy atom. The van der Waals surface area contributed by atoms with Crippen LogP contribution in [0.4, 0.5) is 0 Å². The summed E-state index contributed by atoms with van der Waals surface area (Å²) in [5.74, 6) is 2.42. The topological polar surface area (TPSA) is 61.8 Å². The maximum Gasteiger partial charge on any atom is 0.193 e. The molecule has 0 bridgehead atoms. The lowest BCUT2D eigenvalue weighted by Crippen LogP contribution is -2.48. The number of piperidine rings is 1. The van der Waals surface area contributed by atoms with Crippen LogP contribution >= 0.6 is 24.0 Å². The first-order valence-electron chi connectivity index (χ1n) is 10.6. The highest BCUT2D eigenvalue weighted by Crippen LogP contribution is 2.47. The van der Waals surface area contributed by atoms with E-state index in [2.05, 4.69) is 54.4 Å². The van der Waals surface area contributed by atoms with Gasteiger partial charge in [-0.25, -0.2) is 8.42 Å². The number of nitrogens with zero attached hydrogens (tertiary/aromatic N) is 2. The molecule has 1 saturated carbocycles. The number of rotatable bonds is 7. The fourth-order valence-electron chi connectivity index (χ4n) is 4.53. The van der Waals surface area contributed by atoms with Gasteiger partial charge in [0.25, 0.3) is 0 Å². The van der Waals surface area contributed by atoms with Crippen molar-refractivity contribution in [3.63, 3.8) is 0 Å². The monoisotopic (exact) mass is 533 g/mol. The number of hydrogen-bond acceptors (Lipinski definition) is 3. The summed E-state index contributed by atoms with van der Waals surface area (Å²) in [5, 5.41) is 3.44. The van der Waals surface area contributed by atoms with Gasteiger partial charge in [0.1, 0.15) is 9.84 Å². The maximum atomic E-state index is 11.7. The van der Waals surface area contributed by atoms with Gasteiger partial charge in [0.2, 0.25) is 0 Å². The van der Waals surface area contributed by atoms with Gasteiger partial charge in [-0.3, -0.25) is 4.99 Å². The molecule has 0 amide bonds. The van der Waals surface area contributed by atoms with Crippen molar-refractivity contribution in [2.45, 2.75) is 45.4 Å². The molecule has 2 fully saturated rings. The zero-order valence-corrected chi connectivity index (χ0v) is 21.1. The number of halogens is 1. The van der Waals surface area contributed by atoms with Crippen molar-refractivity contribution >= 4 is 39.8 Å². The quantitative estimate of drug-likeness (QED) is 0.328. The summed E-state index contributed by atoms with van der Waals surface area (Å²) >= 11 is 0. The number of aliphatic imine (C=N–C) groups is 1. The van der Waals surface area contributed by atoms with E-state index < -0.39 is 9.84 Å². The first-order valence-corrected chi connectivity index (χ1v) is 12.7. The van der Waals surface area contributed by atoms with Gasteiger partial charge in [-0.15, -0.1) is 24.0 Å². The Morgan fingerprint density at radius 2 is 1.93 bits per heavy atom. The van der Waals surface area contributed by atoms with Crippen LogP contribution in [-0.2, 0) is 9.84 Å². The Morgan fingerprint density at radius 3 is 2.48 bits per heavy atom. The standard InChI is InChI=1S/C22H35N3O2S.HI/c1-4-18-15-25(14-11-20(18)19-9-7-6-8-10-19)21(23-5-2)24-16-22(12-13-22)17-28(3,26)27;/h6-10,18,20H,4-5,11-17H2,1-3H3,(H,23,24);1H. The summed E-state index contributed by atoms with van der Waals surface area (Å²) < 4.78 is 23.5. The van der Waals surface area contributed by atoms with Gasteiger partial charge >= 0.3 is 0 Å². The normalized spacial score (nSPS) is 24.0. The van der Waals surface area contributed by atoms with E-state index in [-0.39, 0.29) is 35.1 Å². The molecule has 1 aliphatic heterocycles. The van der Waals surface area contributed by atoms with Crippen molar-refractivity contribution in [2.24, 2.45) is 16.3 Å². The summed E-state index contributed by atoms with van der Waals surface area (Å²) in [4.78, 5) is 7.27. The summed E-state index contributed by atoms with van der Waals surface area (Å²) in [6.45, 7) is 7.79. The molecule has 0 spiro atoms. The second-order valence-corrected chi connectivity index (χ2v) is 10.8. The first kappa shape index (κ1) is 24.4. The Hall–Kier alpha value is -0.830. The summed E-state index contributed by atoms with van der Waals surface area (Å²) in [6.07, 6.45) is 5.55. The maximum absolute atomic E-state index is 11.7. The van der Waals surface area contributed by atoms with Gasteiger partial charge in [-0.1, -0.05) is 43.7 Å². The number of sulfone groups is 1. The lowest BCUT2D eigenvalue weighted by Gasteiger charge is -2.40. The second kappa shape index (κ2) is 10.5. The zero-order valence-electron chi connectivity index (χ0n) is 17.9. The highest BCUT2D eigenvalue weighted by molar-refractivity contribution is 14.0. The Kier molecular flexibility index (Phi) is 8.82. The van der Waals surface area contributed by atoms with E-state index in [0.717, 1.165) is 51.3 Å². The van der Waals surface area contributed by atoms with Gasteiger partial charge in [0.15, 0.2) is 5.96 Å². The average molecular weight is 534 g/mol. The predicted molar refractivity (Wildman–Crippen MR) is 132 cm³/mol. The molecular formula is C22H36IN3O2S. The minimum Gasteiger partial charge on any atom is -0.357 e. The van der Waals surface area contributed by atoms with Gasteiger partial charge in [0.05, 0.1) is 5.75 Å². The molecule has 2 aliphatic rings. The molecule has 1 saturated heterocycles. The number of nitrogens with one attached hydrogen (secondary N) is 1. The van der Waals surface area contributed by atoms with Crippen LogP contribution < -0.4 is 5.32 Å². The largest absolute Gasteiger partial charge is 0.357 e. The van der Waals surface area contributed by atoms with Crippen molar-refractivity contribution in [1.29, 1.82) is 0 Å². The lowest BCUT2D eigenvalue weighted by atomic mass is 9.79. The van der Waals surface area contributed by atoms with E-state index in [0.29, 0.717) is 18.4 Å². The zero-order chi connectivity index (χ0) is 20.2. The average Bonchev–Trinajstić information content (AvgIpc) is 3.43. The molecular weight excluding hydrogens is 497 g/mol. The van der Waals surface area contributed by atoms with Crippen LogP contribution in [-0.4, -0.2) is 57.5 Å². The molecule has 1 aromatic rings. The summed E-state index contributed by atoms with van der Waals surface area (Å²) in [7, 11) is -2.96. The highest BCUT2D eigenvalue weighted by Gasteiger charge is 2.45. The third-order valence-corrected chi connectivity index (χ3v) is 7.35. The third kappa shape index (κ3) is 6.84. The van der Waals surface area contributed by atoms with Crippen molar-refractivity contribution < 1.29 is 8.42 Å². The van der Waals surface area contributed by atoms with Crippen LogP contribution in [0.5, 0.6) is 0 Å². The van der Waals surface area contributed by atoms with Crippen LogP contribution in [0.15, 0.2) is 35.3 Å². The molecule has 1 N–H and O–H groups in total. The van der Waals surface area contributed by atoms with Crippen molar-refractivity contribution in [3.05, 3.63) is 35.9 Å². The molecule has 2 atom stereocenters.